The summed E-state index contributed by atoms with van der Waals surface area (Å²) in [5.41, 5.74) is 1.36. The number of aliphatic hydroxyl groups excluding tert-OH is 1. The van der Waals surface area contributed by atoms with Gasteiger partial charge in [0.1, 0.15) is 12.4 Å². The second-order valence-corrected chi connectivity index (χ2v) is 4.25. The highest BCUT2D eigenvalue weighted by molar-refractivity contribution is 5.45. The first kappa shape index (κ1) is 17.3. The molecule has 1 aromatic rings. The Kier molecular flexibility index (Phi) is 7.06. The highest BCUT2D eigenvalue weighted by Crippen LogP contribution is 2.22. The number of hydrogen-bond donors (Lipinski definition) is 1. The Balaban J connectivity index is 2.59. The fraction of sp³-hybridized carbons (Fsp3) is 0.467. The summed E-state index contributed by atoms with van der Waals surface area (Å²) in [4.78, 5) is 0. The lowest BCUT2D eigenvalue weighted by molar-refractivity contribution is -0.138. The van der Waals surface area contributed by atoms with E-state index in [4.69, 9.17) is 14.6 Å². The van der Waals surface area contributed by atoms with E-state index in [0.717, 1.165) is 0 Å². The van der Waals surface area contributed by atoms with Gasteiger partial charge in [-0.25, -0.2) is 0 Å². The largest absolute Gasteiger partial charge is 0.497 e. The van der Waals surface area contributed by atoms with Gasteiger partial charge in [-0.3, -0.25) is 0 Å². The second-order valence-electron chi connectivity index (χ2n) is 4.25. The predicted molar refractivity (Wildman–Crippen MR) is 71.9 cm³/mol. The summed E-state index contributed by atoms with van der Waals surface area (Å²) in [7, 11) is 1.52. The zero-order valence-electron chi connectivity index (χ0n) is 11.7. The second kappa shape index (κ2) is 8.55. The quantitative estimate of drug-likeness (QED) is 0.648. The van der Waals surface area contributed by atoms with Crippen molar-refractivity contribution in [1.82, 2.24) is 0 Å². The lowest BCUT2D eigenvalue weighted by atomic mass is 10.1. The van der Waals surface area contributed by atoms with E-state index in [0.29, 0.717) is 16.9 Å². The molecule has 0 spiro atoms. The van der Waals surface area contributed by atoms with E-state index in [9.17, 15) is 13.2 Å². The van der Waals surface area contributed by atoms with Crippen LogP contribution in [0.15, 0.2) is 18.2 Å². The Bertz CT molecular complexity index is 501. The van der Waals surface area contributed by atoms with Crippen LogP contribution in [0.25, 0.3) is 0 Å². The Morgan fingerprint density at radius 1 is 1.29 bits per heavy atom. The Labute approximate surface area is 121 Å². The summed E-state index contributed by atoms with van der Waals surface area (Å²) in [6, 6.07) is 5.15. The highest BCUT2D eigenvalue weighted by Gasteiger charge is 2.25. The molecule has 0 radical (unpaired) electrons. The van der Waals surface area contributed by atoms with Crippen LogP contribution in [0, 0.1) is 11.8 Å². The molecule has 0 amide bonds. The molecule has 0 bridgehead atoms. The van der Waals surface area contributed by atoms with Crippen molar-refractivity contribution in [3.8, 4) is 17.6 Å². The number of ether oxygens (including phenoxy) is 2. The normalized spacial score (nSPS) is 10.9. The zero-order valence-corrected chi connectivity index (χ0v) is 11.7. The van der Waals surface area contributed by atoms with Crippen LogP contribution in [0.1, 0.15) is 24.0 Å². The van der Waals surface area contributed by atoms with Gasteiger partial charge in [-0.2, -0.15) is 13.2 Å². The smallest absolute Gasteiger partial charge is 0.389 e. The minimum atomic E-state index is -4.16. The maximum atomic E-state index is 12.0. The summed E-state index contributed by atoms with van der Waals surface area (Å²) in [5, 5.41) is 8.71. The molecule has 0 saturated carbocycles. The van der Waals surface area contributed by atoms with Crippen molar-refractivity contribution in [2.24, 2.45) is 0 Å². The van der Waals surface area contributed by atoms with Crippen molar-refractivity contribution in [2.45, 2.75) is 25.6 Å². The van der Waals surface area contributed by atoms with E-state index in [1.807, 2.05) is 0 Å². The van der Waals surface area contributed by atoms with E-state index in [2.05, 4.69) is 11.8 Å². The van der Waals surface area contributed by atoms with Crippen molar-refractivity contribution in [2.75, 3.05) is 20.3 Å². The molecule has 0 unspecified atom stereocenters. The fourth-order valence-electron chi connectivity index (χ4n) is 1.63. The molecule has 0 aliphatic rings. The summed E-state index contributed by atoms with van der Waals surface area (Å²) >= 11 is 0. The minimum absolute atomic E-state index is 0.0174. The monoisotopic (exact) mass is 302 g/mol. The molecule has 1 aromatic carbocycles. The van der Waals surface area contributed by atoms with Crippen LogP contribution >= 0.6 is 0 Å². The summed E-state index contributed by atoms with van der Waals surface area (Å²) < 4.78 is 46.3. The molecule has 0 heterocycles. The van der Waals surface area contributed by atoms with Gasteiger partial charge in [0.05, 0.1) is 13.7 Å². The Morgan fingerprint density at radius 2 is 2.05 bits per heavy atom. The molecular formula is C15H17F3O3. The van der Waals surface area contributed by atoms with E-state index in [-0.39, 0.29) is 26.2 Å². The third kappa shape index (κ3) is 7.02. The van der Waals surface area contributed by atoms with Crippen molar-refractivity contribution in [1.29, 1.82) is 0 Å². The van der Waals surface area contributed by atoms with Crippen molar-refractivity contribution >= 4 is 0 Å². The average molecular weight is 302 g/mol. The fourth-order valence-corrected chi connectivity index (χ4v) is 1.63. The third-order valence-corrected chi connectivity index (χ3v) is 2.62. The zero-order chi connectivity index (χ0) is 15.7. The average Bonchev–Trinajstić information content (AvgIpc) is 2.44. The number of methoxy groups -OCH3 is 1. The van der Waals surface area contributed by atoms with Gasteiger partial charge in [-0.1, -0.05) is 11.8 Å². The van der Waals surface area contributed by atoms with Crippen molar-refractivity contribution < 1.29 is 27.8 Å². The predicted octanol–water partition coefficient (Wildman–Crippen LogP) is 2.90. The van der Waals surface area contributed by atoms with Crippen LogP contribution in [-0.4, -0.2) is 31.6 Å². The van der Waals surface area contributed by atoms with Gasteiger partial charge in [-0.05, 0) is 30.2 Å². The molecule has 1 rings (SSSR count). The van der Waals surface area contributed by atoms with Crippen LogP contribution in [0.5, 0.6) is 5.75 Å². The molecule has 0 saturated heterocycles. The molecule has 0 aliphatic carbocycles. The van der Waals surface area contributed by atoms with E-state index >= 15 is 0 Å². The Morgan fingerprint density at radius 3 is 2.67 bits per heavy atom. The van der Waals surface area contributed by atoms with E-state index in [1.165, 1.54) is 7.11 Å². The first-order valence-electron chi connectivity index (χ1n) is 6.37. The number of benzene rings is 1. The van der Waals surface area contributed by atoms with Crippen molar-refractivity contribution in [3.05, 3.63) is 29.3 Å². The lowest BCUT2D eigenvalue weighted by Crippen LogP contribution is -2.09. The molecule has 116 valence electrons. The number of rotatable bonds is 6. The molecule has 1 N–H and O–H groups in total. The topological polar surface area (TPSA) is 38.7 Å². The number of alkyl halides is 3. The standard InChI is InChI=1S/C15H17F3O3/c1-20-14-6-5-12(4-2-8-19)13(10-14)11-21-9-3-7-15(16,17)18/h5-6,10,19H,3,7-9,11H2,1H3. The lowest BCUT2D eigenvalue weighted by Gasteiger charge is -2.09. The molecule has 6 heteroatoms. The SMILES string of the molecule is COc1ccc(C#CCO)c(COCCCC(F)(F)F)c1. The maximum absolute atomic E-state index is 12.0. The van der Waals surface area contributed by atoms with Gasteiger partial charge in [0, 0.05) is 18.6 Å². The Hall–Kier alpha value is -1.71. The maximum Gasteiger partial charge on any atom is 0.389 e. The van der Waals surface area contributed by atoms with Crippen LogP contribution in [0.4, 0.5) is 13.2 Å². The summed E-state index contributed by atoms with van der Waals surface area (Å²) in [6.07, 6.45) is -5.09. The minimum Gasteiger partial charge on any atom is -0.497 e. The van der Waals surface area contributed by atoms with Gasteiger partial charge in [0.2, 0.25) is 0 Å². The first-order valence-corrected chi connectivity index (χ1v) is 6.37. The van der Waals surface area contributed by atoms with Crippen LogP contribution in [0.3, 0.4) is 0 Å². The van der Waals surface area contributed by atoms with Gasteiger partial charge in [-0.15, -0.1) is 0 Å². The summed E-state index contributed by atoms with van der Waals surface area (Å²) in [6.45, 7) is -0.105. The summed E-state index contributed by atoms with van der Waals surface area (Å²) in [5.74, 6) is 5.90. The molecule has 0 aliphatic heterocycles. The molecule has 0 atom stereocenters. The molecule has 0 fully saturated rings. The van der Waals surface area contributed by atoms with E-state index < -0.39 is 12.6 Å². The molecule has 3 nitrogen and oxygen atoms in total. The van der Waals surface area contributed by atoms with Crippen LogP contribution in [-0.2, 0) is 11.3 Å². The number of aliphatic hydroxyl groups is 1. The third-order valence-electron chi connectivity index (χ3n) is 2.62. The van der Waals surface area contributed by atoms with Gasteiger partial charge in [0.15, 0.2) is 0 Å². The van der Waals surface area contributed by atoms with Gasteiger partial charge >= 0.3 is 6.18 Å². The van der Waals surface area contributed by atoms with E-state index in [1.54, 1.807) is 18.2 Å². The number of hydrogen-bond acceptors (Lipinski definition) is 3. The number of halogens is 3. The van der Waals surface area contributed by atoms with Crippen LogP contribution < -0.4 is 4.74 Å². The van der Waals surface area contributed by atoms with Gasteiger partial charge in [0.25, 0.3) is 0 Å². The van der Waals surface area contributed by atoms with Gasteiger partial charge < -0.3 is 14.6 Å². The molecule has 21 heavy (non-hydrogen) atoms. The highest BCUT2D eigenvalue weighted by atomic mass is 19.4. The van der Waals surface area contributed by atoms with Crippen LogP contribution in [0.2, 0.25) is 0 Å². The molecular weight excluding hydrogens is 285 g/mol. The van der Waals surface area contributed by atoms with Crippen molar-refractivity contribution in [3.63, 3.8) is 0 Å². The molecule has 0 aromatic heterocycles. The first-order chi connectivity index (χ1) is 9.96.